The summed E-state index contributed by atoms with van der Waals surface area (Å²) in [6.45, 7) is 0. The lowest BCUT2D eigenvalue weighted by Crippen LogP contribution is -2.43. The molecule has 0 aliphatic heterocycles. The van der Waals surface area contributed by atoms with E-state index < -0.39 is 30.1 Å². The first-order valence-electron chi connectivity index (χ1n) is 4.83. The molecule has 18 heavy (non-hydrogen) atoms. The topological polar surface area (TPSA) is 121 Å². The molecule has 0 radical (unpaired) electrons. The third-order valence-electron chi connectivity index (χ3n) is 2.03. The van der Waals surface area contributed by atoms with Crippen LogP contribution in [0.1, 0.15) is 10.4 Å². The average Bonchev–Trinajstić information content (AvgIpc) is 2.35. The summed E-state index contributed by atoms with van der Waals surface area (Å²) in [5, 5.41) is 26.3. The van der Waals surface area contributed by atoms with Gasteiger partial charge in [0.05, 0.1) is 5.56 Å². The summed E-state index contributed by atoms with van der Waals surface area (Å²) < 4.78 is 4.45. The molecule has 1 unspecified atom stereocenters. The van der Waals surface area contributed by atoms with Gasteiger partial charge in [-0.25, -0.2) is 14.4 Å². The Balaban J connectivity index is 2.83. The largest absolute Gasteiger partial charge is 0.479 e. The fraction of sp³-hybridized carbons (Fsp3) is 0.182. The van der Waals surface area contributed by atoms with Crippen molar-refractivity contribution in [1.82, 2.24) is 0 Å². The van der Waals surface area contributed by atoms with Gasteiger partial charge in [-0.3, -0.25) is 0 Å². The van der Waals surface area contributed by atoms with Gasteiger partial charge in [-0.05, 0) is 12.1 Å². The molecule has 0 aliphatic rings. The monoisotopic (exact) mass is 254 g/mol. The highest BCUT2D eigenvalue weighted by Gasteiger charge is 2.35. The van der Waals surface area contributed by atoms with E-state index in [1.807, 2.05) is 0 Å². The first-order chi connectivity index (χ1) is 8.43. The van der Waals surface area contributed by atoms with Crippen LogP contribution in [0.2, 0.25) is 0 Å². The second kappa shape index (κ2) is 5.78. The third-order valence-corrected chi connectivity index (χ3v) is 2.03. The SMILES string of the molecule is O=C(OC(C(=O)O)[C@H](O)C(=O)O)c1ccccc1. The van der Waals surface area contributed by atoms with Crippen LogP contribution in [-0.2, 0) is 14.3 Å². The van der Waals surface area contributed by atoms with Crippen LogP contribution in [0.15, 0.2) is 30.3 Å². The maximum atomic E-state index is 11.5. The fourth-order valence-corrected chi connectivity index (χ4v) is 1.14. The molecule has 0 bridgehead atoms. The molecular weight excluding hydrogens is 244 g/mol. The van der Waals surface area contributed by atoms with Crippen LogP contribution < -0.4 is 0 Å². The standard InChI is InChI=1S/C11H10O7/c12-7(9(13)14)8(10(15)16)18-11(17)6-4-2-1-3-5-6/h1-5,7-8,12H,(H,13,14)(H,15,16)/t7-,8?/m0/s1. The lowest BCUT2D eigenvalue weighted by Gasteiger charge is -2.16. The zero-order valence-electron chi connectivity index (χ0n) is 9.02. The molecule has 0 saturated carbocycles. The Morgan fingerprint density at radius 2 is 1.56 bits per heavy atom. The van der Waals surface area contributed by atoms with Crippen molar-refractivity contribution in [2.24, 2.45) is 0 Å². The first kappa shape index (κ1) is 13.7. The molecule has 0 fully saturated rings. The minimum Gasteiger partial charge on any atom is -0.479 e. The Morgan fingerprint density at radius 3 is 2.00 bits per heavy atom. The summed E-state index contributed by atoms with van der Waals surface area (Å²) in [7, 11) is 0. The zero-order chi connectivity index (χ0) is 13.7. The van der Waals surface area contributed by atoms with E-state index in [9.17, 15) is 14.4 Å². The second-order valence-electron chi connectivity index (χ2n) is 3.31. The van der Waals surface area contributed by atoms with Crippen LogP contribution in [0.25, 0.3) is 0 Å². The molecule has 0 heterocycles. The molecule has 7 nitrogen and oxygen atoms in total. The number of benzene rings is 1. The van der Waals surface area contributed by atoms with Crippen molar-refractivity contribution in [2.45, 2.75) is 12.2 Å². The van der Waals surface area contributed by atoms with E-state index in [4.69, 9.17) is 15.3 Å². The number of carboxylic acids is 2. The average molecular weight is 254 g/mol. The predicted octanol–water partition coefficient (Wildman–Crippen LogP) is -0.258. The van der Waals surface area contributed by atoms with Crippen LogP contribution in [-0.4, -0.2) is 45.4 Å². The Hall–Kier alpha value is -2.41. The predicted molar refractivity (Wildman–Crippen MR) is 56.9 cm³/mol. The normalized spacial score (nSPS) is 13.4. The van der Waals surface area contributed by atoms with E-state index in [0.29, 0.717) is 0 Å². The molecule has 1 aromatic rings. The smallest absolute Gasteiger partial charge is 0.348 e. The van der Waals surface area contributed by atoms with Crippen molar-refractivity contribution in [2.75, 3.05) is 0 Å². The Labute approximate surface area is 101 Å². The fourth-order valence-electron chi connectivity index (χ4n) is 1.14. The highest BCUT2D eigenvalue weighted by atomic mass is 16.6. The van der Waals surface area contributed by atoms with E-state index in [1.54, 1.807) is 6.07 Å². The molecule has 7 heteroatoms. The Kier molecular flexibility index (Phi) is 4.39. The number of hydrogen-bond donors (Lipinski definition) is 3. The lowest BCUT2D eigenvalue weighted by atomic mass is 10.2. The van der Waals surface area contributed by atoms with Gasteiger partial charge in [-0.15, -0.1) is 0 Å². The summed E-state index contributed by atoms with van der Waals surface area (Å²) in [6, 6.07) is 7.43. The summed E-state index contributed by atoms with van der Waals surface area (Å²) >= 11 is 0. The number of ether oxygens (including phenoxy) is 1. The molecule has 1 aromatic carbocycles. The van der Waals surface area contributed by atoms with E-state index in [-0.39, 0.29) is 5.56 Å². The summed E-state index contributed by atoms with van der Waals surface area (Å²) in [5.74, 6) is -4.55. The highest BCUT2D eigenvalue weighted by Crippen LogP contribution is 2.07. The number of aliphatic hydroxyl groups is 1. The first-order valence-corrected chi connectivity index (χ1v) is 4.83. The van der Waals surface area contributed by atoms with Gasteiger partial charge in [0, 0.05) is 0 Å². The number of carbonyl (C=O) groups is 3. The molecule has 3 N–H and O–H groups in total. The lowest BCUT2D eigenvalue weighted by molar-refractivity contribution is -0.166. The molecule has 0 spiro atoms. The second-order valence-corrected chi connectivity index (χ2v) is 3.31. The van der Waals surface area contributed by atoms with Crippen molar-refractivity contribution in [1.29, 1.82) is 0 Å². The van der Waals surface area contributed by atoms with Gasteiger partial charge in [0.2, 0.25) is 6.10 Å². The maximum Gasteiger partial charge on any atom is 0.348 e. The highest BCUT2D eigenvalue weighted by molar-refractivity contribution is 5.92. The van der Waals surface area contributed by atoms with Crippen LogP contribution in [0.3, 0.4) is 0 Å². The molecular formula is C11H10O7. The number of hydrogen-bond acceptors (Lipinski definition) is 5. The summed E-state index contributed by atoms with van der Waals surface area (Å²) in [4.78, 5) is 32.7. The summed E-state index contributed by atoms with van der Waals surface area (Å²) in [5.41, 5.74) is 0.0568. The zero-order valence-corrected chi connectivity index (χ0v) is 9.02. The van der Waals surface area contributed by atoms with E-state index in [0.717, 1.165) is 0 Å². The molecule has 2 atom stereocenters. The molecule has 0 aliphatic carbocycles. The summed E-state index contributed by atoms with van der Waals surface area (Å²) in [6.07, 6.45) is -4.48. The Bertz CT molecular complexity index is 454. The number of esters is 1. The van der Waals surface area contributed by atoms with Crippen LogP contribution in [0.5, 0.6) is 0 Å². The molecule has 0 saturated heterocycles. The minimum absolute atomic E-state index is 0.0568. The minimum atomic E-state index is -2.32. The van der Waals surface area contributed by atoms with Crippen LogP contribution in [0.4, 0.5) is 0 Å². The molecule has 1 rings (SSSR count). The van der Waals surface area contributed by atoms with Gasteiger partial charge in [0.1, 0.15) is 0 Å². The van der Waals surface area contributed by atoms with Crippen LogP contribution >= 0.6 is 0 Å². The van der Waals surface area contributed by atoms with Crippen molar-refractivity contribution in [3.8, 4) is 0 Å². The van der Waals surface area contributed by atoms with Crippen molar-refractivity contribution < 1.29 is 34.4 Å². The van der Waals surface area contributed by atoms with E-state index >= 15 is 0 Å². The molecule has 96 valence electrons. The van der Waals surface area contributed by atoms with E-state index in [2.05, 4.69) is 4.74 Å². The Morgan fingerprint density at radius 1 is 1.00 bits per heavy atom. The van der Waals surface area contributed by atoms with Gasteiger partial charge >= 0.3 is 17.9 Å². The van der Waals surface area contributed by atoms with Crippen molar-refractivity contribution >= 4 is 17.9 Å². The van der Waals surface area contributed by atoms with Crippen molar-refractivity contribution in [3.05, 3.63) is 35.9 Å². The number of carboxylic acid groups (broad SMARTS) is 2. The maximum absolute atomic E-state index is 11.5. The van der Waals surface area contributed by atoms with Gasteiger partial charge in [-0.1, -0.05) is 18.2 Å². The number of aliphatic hydroxyl groups excluding tert-OH is 1. The third kappa shape index (κ3) is 3.29. The number of aliphatic carboxylic acids is 2. The van der Waals surface area contributed by atoms with Gasteiger partial charge in [0.25, 0.3) is 0 Å². The molecule has 0 amide bonds. The molecule has 0 aromatic heterocycles. The quantitative estimate of drug-likeness (QED) is 0.619. The van der Waals surface area contributed by atoms with Gasteiger partial charge < -0.3 is 20.1 Å². The van der Waals surface area contributed by atoms with E-state index in [1.165, 1.54) is 24.3 Å². The van der Waals surface area contributed by atoms with Crippen molar-refractivity contribution in [3.63, 3.8) is 0 Å². The van der Waals surface area contributed by atoms with Crippen LogP contribution in [0, 0.1) is 0 Å². The number of rotatable bonds is 5. The number of carbonyl (C=O) groups excluding carboxylic acids is 1. The van der Waals surface area contributed by atoms with Gasteiger partial charge in [-0.2, -0.15) is 0 Å². The van der Waals surface area contributed by atoms with Gasteiger partial charge in [0.15, 0.2) is 6.10 Å².